The minimum Gasteiger partial charge on any atom is -0.380 e. The molecule has 2 N–H and O–H groups in total. The lowest BCUT2D eigenvalue weighted by Crippen LogP contribution is -2.42. The minimum absolute atomic E-state index is 0. The number of hydrogen-bond donors (Lipinski definition) is 2. The van der Waals surface area contributed by atoms with Crippen molar-refractivity contribution in [1.29, 1.82) is 0 Å². The first-order valence-electron chi connectivity index (χ1n) is 8.54. The zero-order chi connectivity index (χ0) is 16.3. The van der Waals surface area contributed by atoms with Crippen LogP contribution in [0.2, 0.25) is 0 Å². The Morgan fingerprint density at radius 3 is 2.79 bits per heavy atom. The second-order valence-electron chi connectivity index (χ2n) is 5.68. The highest BCUT2D eigenvalue weighted by molar-refractivity contribution is 14.0. The molecule has 1 saturated heterocycles. The molecule has 1 fully saturated rings. The quantitative estimate of drug-likeness (QED) is 0.292. The van der Waals surface area contributed by atoms with Crippen molar-refractivity contribution in [3.8, 4) is 0 Å². The SMILES string of the molecule is CCOCCNC(=NC)NCC1CCCOC1c1ccccc1.I. The highest BCUT2D eigenvalue weighted by Gasteiger charge is 2.27. The predicted octanol–water partition coefficient (Wildman–Crippen LogP) is 2.97. The number of nitrogens with zero attached hydrogens (tertiary/aromatic N) is 1. The summed E-state index contributed by atoms with van der Waals surface area (Å²) in [4.78, 5) is 4.27. The lowest BCUT2D eigenvalue weighted by Gasteiger charge is -2.32. The highest BCUT2D eigenvalue weighted by atomic mass is 127. The van der Waals surface area contributed by atoms with Crippen molar-refractivity contribution in [1.82, 2.24) is 10.6 Å². The molecular weight excluding hydrogens is 417 g/mol. The Balaban J connectivity index is 0.00000288. The van der Waals surface area contributed by atoms with E-state index in [0.29, 0.717) is 12.5 Å². The first kappa shape index (κ1) is 21.2. The lowest BCUT2D eigenvalue weighted by molar-refractivity contribution is -0.0265. The topological polar surface area (TPSA) is 54.9 Å². The molecule has 1 aromatic rings. The van der Waals surface area contributed by atoms with Gasteiger partial charge in [-0.25, -0.2) is 0 Å². The van der Waals surface area contributed by atoms with E-state index in [-0.39, 0.29) is 30.1 Å². The van der Waals surface area contributed by atoms with Gasteiger partial charge in [-0.05, 0) is 25.3 Å². The van der Waals surface area contributed by atoms with Crippen LogP contribution in [0.15, 0.2) is 35.3 Å². The molecule has 24 heavy (non-hydrogen) atoms. The number of benzene rings is 1. The van der Waals surface area contributed by atoms with E-state index in [4.69, 9.17) is 9.47 Å². The summed E-state index contributed by atoms with van der Waals surface area (Å²) in [7, 11) is 1.79. The zero-order valence-electron chi connectivity index (χ0n) is 14.7. The van der Waals surface area contributed by atoms with Gasteiger partial charge >= 0.3 is 0 Å². The smallest absolute Gasteiger partial charge is 0.191 e. The predicted molar refractivity (Wildman–Crippen MR) is 109 cm³/mol. The Bertz CT molecular complexity index is 471. The average Bonchev–Trinajstić information content (AvgIpc) is 2.62. The van der Waals surface area contributed by atoms with E-state index in [1.54, 1.807) is 7.05 Å². The van der Waals surface area contributed by atoms with Crippen LogP contribution >= 0.6 is 24.0 Å². The molecular formula is C18H30IN3O2. The maximum Gasteiger partial charge on any atom is 0.191 e. The standard InChI is InChI=1S/C18H29N3O2.HI/c1-3-22-13-11-20-18(19-2)21-14-16-10-7-12-23-17(16)15-8-5-4-6-9-15;/h4-6,8-9,16-17H,3,7,10-14H2,1-2H3,(H2,19,20,21);1H. The summed E-state index contributed by atoms with van der Waals surface area (Å²) < 4.78 is 11.4. The molecule has 0 bridgehead atoms. The second-order valence-corrected chi connectivity index (χ2v) is 5.68. The number of ether oxygens (including phenoxy) is 2. The molecule has 0 radical (unpaired) electrons. The Hall–Kier alpha value is -0.860. The van der Waals surface area contributed by atoms with Crippen molar-refractivity contribution in [2.75, 3.05) is 40.0 Å². The van der Waals surface area contributed by atoms with Gasteiger partial charge in [-0.1, -0.05) is 30.3 Å². The fourth-order valence-electron chi connectivity index (χ4n) is 2.90. The van der Waals surface area contributed by atoms with E-state index in [9.17, 15) is 0 Å². The lowest BCUT2D eigenvalue weighted by atomic mass is 9.89. The van der Waals surface area contributed by atoms with Crippen LogP contribution in [0.4, 0.5) is 0 Å². The summed E-state index contributed by atoms with van der Waals surface area (Å²) in [5.41, 5.74) is 1.26. The van der Waals surface area contributed by atoms with Crippen LogP contribution in [-0.2, 0) is 9.47 Å². The molecule has 2 rings (SSSR count). The maximum absolute atomic E-state index is 6.04. The van der Waals surface area contributed by atoms with Crippen molar-refractivity contribution in [3.05, 3.63) is 35.9 Å². The maximum atomic E-state index is 6.04. The number of rotatable bonds is 7. The van der Waals surface area contributed by atoms with Crippen molar-refractivity contribution in [2.24, 2.45) is 10.9 Å². The number of aliphatic imine (C=N–C) groups is 1. The molecule has 5 nitrogen and oxygen atoms in total. The fraction of sp³-hybridized carbons (Fsp3) is 0.611. The summed E-state index contributed by atoms with van der Waals surface area (Å²) in [5, 5.41) is 6.69. The molecule has 0 saturated carbocycles. The fourth-order valence-corrected chi connectivity index (χ4v) is 2.90. The van der Waals surface area contributed by atoms with Crippen LogP contribution in [0.3, 0.4) is 0 Å². The molecule has 0 amide bonds. The number of halogens is 1. The molecule has 0 spiro atoms. The van der Waals surface area contributed by atoms with Crippen molar-refractivity contribution in [3.63, 3.8) is 0 Å². The molecule has 1 aromatic carbocycles. The molecule has 1 heterocycles. The van der Waals surface area contributed by atoms with Gasteiger partial charge in [0.1, 0.15) is 0 Å². The molecule has 1 aliphatic rings. The van der Waals surface area contributed by atoms with Gasteiger partial charge in [0.25, 0.3) is 0 Å². The van der Waals surface area contributed by atoms with Gasteiger partial charge in [-0.2, -0.15) is 0 Å². The van der Waals surface area contributed by atoms with Crippen LogP contribution < -0.4 is 10.6 Å². The van der Waals surface area contributed by atoms with E-state index >= 15 is 0 Å². The van der Waals surface area contributed by atoms with Gasteiger partial charge in [0.05, 0.1) is 12.7 Å². The zero-order valence-corrected chi connectivity index (χ0v) is 17.0. The van der Waals surface area contributed by atoms with Crippen LogP contribution in [0.5, 0.6) is 0 Å². The molecule has 0 aliphatic carbocycles. The van der Waals surface area contributed by atoms with E-state index < -0.39 is 0 Å². The molecule has 1 aliphatic heterocycles. The minimum atomic E-state index is 0. The van der Waals surface area contributed by atoms with E-state index in [0.717, 1.165) is 38.7 Å². The van der Waals surface area contributed by atoms with Crippen molar-refractivity contribution >= 4 is 29.9 Å². The van der Waals surface area contributed by atoms with E-state index in [1.165, 1.54) is 12.0 Å². The molecule has 2 atom stereocenters. The molecule has 6 heteroatoms. The Morgan fingerprint density at radius 2 is 2.08 bits per heavy atom. The first-order chi connectivity index (χ1) is 11.3. The normalized spacial score (nSPS) is 21.0. The van der Waals surface area contributed by atoms with Crippen LogP contribution in [-0.4, -0.2) is 45.9 Å². The highest BCUT2D eigenvalue weighted by Crippen LogP contribution is 2.32. The number of nitrogens with one attached hydrogen (secondary N) is 2. The number of guanidine groups is 1. The van der Waals surface area contributed by atoms with Gasteiger partial charge in [-0.3, -0.25) is 4.99 Å². The van der Waals surface area contributed by atoms with Crippen LogP contribution in [0.1, 0.15) is 31.4 Å². The summed E-state index contributed by atoms with van der Waals surface area (Å²) in [5.74, 6) is 1.28. The van der Waals surface area contributed by atoms with Crippen LogP contribution in [0.25, 0.3) is 0 Å². The van der Waals surface area contributed by atoms with Gasteiger partial charge in [-0.15, -0.1) is 24.0 Å². The largest absolute Gasteiger partial charge is 0.380 e. The summed E-state index contributed by atoms with van der Waals surface area (Å²) >= 11 is 0. The van der Waals surface area contributed by atoms with Gasteiger partial charge in [0.2, 0.25) is 0 Å². The Morgan fingerprint density at radius 1 is 1.29 bits per heavy atom. The van der Waals surface area contributed by atoms with Gasteiger partial charge in [0, 0.05) is 39.3 Å². The molecule has 0 aromatic heterocycles. The Labute approximate surface area is 162 Å². The van der Waals surface area contributed by atoms with Crippen molar-refractivity contribution in [2.45, 2.75) is 25.9 Å². The monoisotopic (exact) mass is 447 g/mol. The number of hydrogen-bond acceptors (Lipinski definition) is 3. The average molecular weight is 447 g/mol. The molecule has 2 unspecified atom stereocenters. The van der Waals surface area contributed by atoms with E-state index in [2.05, 4.69) is 39.9 Å². The third-order valence-electron chi connectivity index (χ3n) is 4.07. The van der Waals surface area contributed by atoms with Crippen molar-refractivity contribution < 1.29 is 9.47 Å². The van der Waals surface area contributed by atoms with Crippen LogP contribution in [0, 0.1) is 5.92 Å². The first-order valence-corrected chi connectivity index (χ1v) is 8.54. The summed E-state index contributed by atoms with van der Waals surface area (Å²) in [6, 6.07) is 10.5. The summed E-state index contributed by atoms with van der Waals surface area (Å²) in [6.07, 6.45) is 2.45. The summed E-state index contributed by atoms with van der Waals surface area (Å²) in [6.45, 7) is 5.89. The second kappa shape index (κ2) is 12.5. The third-order valence-corrected chi connectivity index (χ3v) is 4.07. The van der Waals surface area contributed by atoms with Gasteiger partial charge in [0.15, 0.2) is 5.96 Å². The third kappa shape index (κ3) is 6.94. The molecule has 136 valence electrons. The van der Waals surface area contributed by atoms with Gasteiger partial charge < -0.3 is 20.1 Å². The van der Waals surface area contributed by atoms with E-state index in [1.807, 2.05) is 13.0 Å². The Kier molecular flexibility index (Phi) is 11.0.